The van der Waals surface area contributed by atoms with Crippen LogP contribution in [0.3, 0.4) is 0 Å². The van der Waals surface area contributed by atoms with Gasteiger partial charge in [0.2, 0.25) is 0 Å². The Balaban J connectivity index is 1.49. The third-order valence-corrected chi connectivity index (χ3v) is 4.72. The van der Waals surface area contributed by atoms with E-state index in [2.05, 4.69) is 10.3 Å². The molecule has 1 aliphatic rings. The number of nitrogens with one attached hydrogen (secondary N) is 1. The number of aromatic nitrogens is 1. The number of amides is 1. The molecule has 1 N–H and O–H groups in total. The van der Waals surface area contributed by atoms with E-state index in [4.69, 9.17) is 4.74 Å². The van der Waals surface area contributed by atoms with Gasteiger partial charge in [-0.25, -0.2) is 13.6 Å². The molecule has 0 aliphatic carbocycles. The molecular formula is C20H23F2N3O2. The van der Waals surface area contributed by atoms with Crippen LogP contribution in [-0.2, 0) is 11.3 Å². The second kappa shape index (κ2) is 8.33. The summed E-state index contributed by atoms with van der Waals surface area (Å²) in [7, 11) is 0. The van der Waals surface area contributed by atoms with Crippen molar-refractivity contribution in [1.82, 2.24) is 9.88 Å². The fraction of sp³-hybridized carbons (Fsp3) is 0.400. The van der Waals surface area contributed by atoms with Gasteiger partial charge in [-0.1, -0.05) is 29.8 Å². The molecule has 144 valence electrons. The molecule has 0 bridgehead atoms. The number of rotatable bonds is 5. The lowest BCUT2D eigenvalue weighted by molar-refractivity contribution is -0.101. The first-order valence-electron chi connectivity index (χ1n) is 8.93. The van der Waals surface area contributed by atoms with Crippen LogP contribution in [0.1, 0.15) is 17.5 Å². The minimum atomic E-state index is -2.97. The number of halogens is 2. The number of piperidine rings is 1. The van der Waals surface area contributed by atoms with Crippen molar-refractivity contribution in [1.29, 1.82) is 0 Å². The predicted octanol–water partition coefficient (Wildman–Crippen LogP) is 4.10. The summed E-state index contributed by atoms with van der Waals surface area (Å²) in [5.41, 5.74) is 2.69. The van der Waals surface area contributed by atoms with Crippen molar-refractivity contribution in [2.75, 3.05) is 25.0 Å². The molecule has 2 heterocycles. The van der Waals surface area contributed by atoms with Crippen LogP contribution < -0.4 is 5.32 Å². The second-order valence-electron chi connectivity index (χ2n) is 6.83. The first-order valence-corrected chi connectivity index (χ1v) is 8.93. The molecule has 1 aromatic heterocycles. The summed E-state index contributed by atoms with van der Waals surface area (Å²) >= 11 is 0. The summed E-state index contributed by atoms with van der Waals surface area (Å²) in [6.07, 6.45) is 2.72. The molecule has 1 aromatic carbocycles. The Morgan fingerprint density at radius 1 is 1.26 bits per heavy atom. The standard InChI is InChI=1S/C20H23F2N3O2/c1-15-2-4-16(5-3-15)13-27-19(26)25-11-8-17(20(21,22)14-25)12-24-18-6-9-23-10-7-18/h2-7,9-10,17H,8,11-14H2,1H3,(H,23,24)/t17-/m1/s1. The number of hydrogen-bond acceptors (Lipinski definition) is 4. The highest BCUT2D eigenvalue weighted by molar-refractivity contribution is 5.68. The molecule has 1 fully saturated rings. The maximum atomic E-state index is 14.5. The van der Waals surface area contributed by atoms with Gasteiger partial charge in [-0.15, -0.1) is 0 Å². The van der Waals surface area contributed by atoms with Crippen LogP contribution in [0.2, 0.25) is 0 Å². The molecule has 0 saturated carbocycles. The highest BCUT2D eigenvalue weighted by Crippen LogP contribution is 2.33. The number of carbonyl (C=O) groups is 1. The van der Waals surface area contributed by atoms with Crippen molar-refractivity contribution in [3.05, 3.63) is 59.9 Å². The number of carbonyl (C=O) groups excluding carboxylic acids is 1. The number of pyridine rings is 1. The number of likely N-dealkylation sites (tertiary alicyclic amines) is 1. The Morgan fingerprint density at radius 2 is 1.96 bits per heavy atom. The lowest BCUT2D eigenvalue weighted by atomic mass is 9.93. The van der Waals surface area contributed by atoms with E-state index in [1.54, 1.807) is 24.5 Å². The number of alkyl halides is 2. The molecule has 2 aromatic rings. The molecule has 7 heteroatoms. The van der Waals surface area contributed by atoms with Gasteiger partial charge in [0.05, 0.1) is 6.54 Å². The average molecular weight is 375 g/mol. The van der Waals surface area contributed by atoms with Gasteiger partial charge in [0, 0.05) is 37.1 Å². The molecular weight excluding hydrogens is 352 g/mol. The SMILES string of the molecule is Cc1ccc(COC(=O)N2CC[C@H](CNc3ccncc3)C(F)(F)C2)cc1. The number of hydrogen-bond donors (Lipinski definition) is 1. The van der Waals surface area contributed by atoms with Gasteiger partial charge in [-0.2, -0.15) is 0 Å². The molecule has 1 aliphatic heterocycles. The van der Waals surface area contributed by atoms with Gasteiger partial charge in [-0.05, 0) is 31.0 Å². The van der Waals surface area contributed by atoms with E-state index in [9.17, 15) is 13.6 Å². The van der Waals surface area contributed by atoms with Gasteiger partial charge in [0.1, 0.15) is 6.61 Å². The fourth-order valence-electron chi connectivity index (χ4n) is 3.02. The third kappa shape index (κ3) is 5.15. The molecule has 3 rings (SSSR count). The zero-order chi connectivity index (χ0) is 19.3. The van der Waals surface area contributed by atoms with Crippen LogP contribution >= 0.6 is 0 Å². The highest BCUT2D eigenvalue weighted by atomic mass is 19.3. The Bertz CT molecular complexity index is 754. The van der Waals surface area contributed by atoms with Gasteiger partial charge < -0.3 is 15.0 Å². The van der Waals surface area contributed by atoms with Crippen LogP contribution in [0, 0.1) is 12.8 Å². The molecule has 5 nitrogen and oxygen atoms in total. The summed E-state index contributed by atoms with van der Waals surface area (Å²) in [6.45, 7) is 1.82. The average Bonchev–Trinajstić information content (AvgIpc) is 2.66. The van der Waals surface area contributed by atoms with Crippen molar-refractivity contribution < 1.29 is 18.3 Å². The quantitative estimate of drug-likeness (QED) is 0.855. The fourth-order valence-corrected chi connectivity index (χ4v) is 3.02. The van der Waals surface area contributed by atoms with E-state index in [1.807, 2.05) is 31.2 Å². The smallest absolute Gasteiger partial charge is 0.410 e. The number of anilines is 1. The molecule has 0 radical (unpaired) electrons. The minimum Gasteiger partial charge on any atom is -0.445 e. The zero-order valence-electron chi connectivity index (χ0n) is 15.2. The molecule has 1 amide bonds. The Morgan fingerprint density at radius 3 is 2.63 bits per heavy atom. The van der Waals surface area contributed by atoms with E-state index in [0.29, 0.717) is 0 Å². The first kappa shape index (κ1) is 19.1. The molecule has 0 spiro atoms. The normalized spacial score (nSPS) is 18.8. The van der Waals surface area contributed by atoms with E-state index in [1.165, 1.54) is 0 Å². The van der Waals surface area contributed by atoms with E-state index >= 15 is 0 Å². The summed E-state index contributed by atoms with van der Waals surface area (Å²) < 4.78 is 34.2. The largest absolute Gasteiger partial charge is 0.445 e. The predicted molar refractivity (Wildman–Crippen MR) is 98.7 cm³/mol. The summed E-state index contributed by atoms with van der Waals surface area (Å²) in [5, 5.41) is 3.01. The molecule has 0 unspecified atom stereocenters. The van der Waals surface area contributed by atoms with Crippen molar-refractivity contribution >= 4 is 11.8 Å². The van der Waals surface area contributed by atoms with Gasteiger partial charge in [0.15, 0.2) is 0 Å². The van der Waals surface area contributed by atoms with Gasteiger partial charge in [-0.3, -0.25) is 4.98 Å². The maximum Gasteiger partial charge on any atom is 0.410 e. The lowest BCUT2D eigenvalue weighted by Gasteiger charge is -2.37. The summed E-state index contributed by atoms with van der Waals surface area (Å²) in [5.74, 6) is -3.81. The number of ether oxygens (including phenoxy) is 1. The lowest BCUT2D eigenvalue weighted by Crippen LogP contribution is -2.52. The first-order chi connectivity index (χ1) is 12.9. The summed E-state index contributed by atoms with van der Waals surface area (Å²) in [6, 6.07) is 11.0. The molecule has 1 saturated heterocycles. The van der Waals surface area contributed by atoms with Gasteiger partial charge in [0.25, 0.3) is 5.92 Å². The number of nitrogens with zero attached hydrogens (tertiary/aromatic N) is 2. The van der Waals surface area contributed by atoms with Crippen LogP contribution in [0.4, 0.5) is 19.3 Å². The Labute approximate surface area is 157 Å². The van der Waals surface area contributed by atoms with Crippen molar-refractivity contribution in [2.24, 2.45) is 5.92 Å². The van der Waals surface area contributed by atoms with Crippen LogP contribution in [0.25, 0.3) is 0 Å². The Hall–Kier alpha value is -2.70. The van der Waals surface area contributed by atoms with Crippen LogP contribution in [0.15, 0.2) is 48.8 Å². The molecule has 27 heavy (non-hydrogen) atoms. The van der Waals surface area contributed by atoms with E-state index in [0.717, 1.165) is 21.7 Å². The summed E-state index contributed by atoms with van der Waals surface area (Å²) in [4.78, 5) is 17.1. The van der Waals surface area contributed by atoms with Crippen molar-refractivity contribution in [2.45, 2.75) is 25.9 Å². The van der Waals surface area contributed by atoms with Crippen LogP contribution in [-0.4, -0.2) is 41.5 Å². The number of aryl methyl sites for hydroxylation is 1. The Kier molecular flexibility index (Phi) is 5.88. The van der Waals surface area contributed by atoms with Crippen molar-refractivity contribution in [3.63, 3.8) is 0 Å². The topological polar surface area (TPSA) is 54.5 Å². The minimum absolute atomic E-state index is 0.0776. The highest BCUT2D eigenvalue weighted by Gasteiger charge is 2.46. The second-order valence-corrected chi connectivity index (χ2v) is 6.83. The van der Waals surface area contributed by atoms with E-state index in [-0.39, 0.29) is 26.1 Å². The van der Waals surface area contributed by atoms with Crippen LogP contribution in [0.5, 0.6) is 0 Å². The van der Waals surface area contributed by atoms with Crippen molar-refractivity contribution in [3.8, 4) is 0 Å². The van der Waals surface area contributed by atoms with Gasteiger partial charge >= 0.3 is 6.09 Å². The zero-order valence-corrected chi connectivity index (χ0v) is 15.2. The monoisotopic (exact) mass is 375 g/mol. The maximum absolute atomic E-state index is 14.5. The molecule has 1 atom stereocenters. The van der Waals surface area contributed by atoms with E-state index < -0.39 is 24.5 Å². The third-order valence-electron chi connectivity index (χ3n) is 4.72. The number of benzene rings is 1.